The summed E-state index contributed by atoms with van der Waals surface area (Å²) in [5.41, 5.74) is 3.48. The SMILES string of the molecule is C=CCOc1ccc(/C(=C\C)NO)c(OC)c1. The third kappa shape index (κ3) is 3.26. The summed E-state index contributed by atoms with van der Waals surface area (Å²) in [6.07, 6.45) is 3.43. The molecule has 0 heterocycles. The molecule has 0 radical (unpaired) electrons. The van der Waals surface area contributed by atoms with Crippen molar-refractivity contribution < 1.29 is 14.7 Å². The lowest BCUT2D eigenvalue weighted by molar-refractivity contribution is 0.224. The van der Waals surface area contributed by atoms with E-state index in [4.69, 9.17) is 14.7 Å². The third-order valence-electron chi connectivity index (χ3n) is 2.24. The largest absolute Gasteiger partial charge is 0.496 e. The molecule has 1 aromatic carbocycles. The van der Waals surface area contributed by atoms with Gasteiger partial charge in [0.25, 0.3) is 0 Å². The highest BCUT2D eigenvalue weighted by atomic mass is 16.5. The van der Waals surface area contributed by atoms with Gasteiger partial charge in [0.1, 0.15) is 18.1 Å². The van der Waals surface area contributed by atoms with E-state index in [0.717, 1.165) is 5.56 Å². The fraction of sp³-hybridized carbons (Fsp3) is 0.231. The Morgan fingerprint density at radius 3 is 2.82 bits per heavy atom. The Hall–Kier alpha value is -1.94. The highest BCUT2D eigenvalue weighted by molar-refractivity contribution is 5.69. The maximum Gasteiger partial charge on any atom is 0.131 e. The summed E-state index contributed by atoms with van der Waals surface area (Å²) < 4.78 is 10.7. The quantitative estimate of drug-likeness (QED) is 0.588. The van der Waals surface area contributed by atoms with Gasteiger partial charge in [0.05, 0.1) is 12.8 Å². The predicted octanol–water partition coefficient (Wildman–Crippen LogP) is 2.60. The molecule has 1 rings (SSSR count). The van der Waals surface area contributed by atoms with Crippen LogP contribution in [-0.2, 0) is 0 Å². The topological polar surface area (TPSA) is 50.7 Å². The van der Waals surface area contributed by atoms with Gasteiger partial charge in [-0.1, -0.05) is 18.7 Å². The van der Waals surface area contributed by atoms with E-state index in [2.05, 4.69) is 12.1 Å². The monoisotopic (exact) mass is 235 g/mol. The van der Waals surface area contributed by atoms with E-state index in [1.807, 2.05) is 19.1 Å². The van der Waals surface area contributed by atoms with Gasteiger partial charge in [-0.05, 0) is 19.1 Å². The van der Waals surface area contributed by atoms with E-state index >= 15 is 0 Å². The van der Waals surface area contributed by atoms with E-state index in [1.165, 1.54) is 0 Å². The molecule has 0 unspecified atom stereocenters. The zero-order valence-electron chi connectivity index (χ0n) is 10.1. The fourth-order valence-electron chi connectivity index (χ4n) is 1.42. The molecule has 4 nitrogen and oxygen atoms in total. The molecule has 4 heteroatoms. The van der Waals surface area contributed by atoms with E-state index in [-0.39, 0.29) is 0 Å². The average Bonchev–Trinajstić information content (AvgIpc) is 2.38. The molecule has 0 aliphatic carbocycles. The Morgan fingerprint density at radius 2 is 2.29 bits per heavy atom. The second-order valence-corrected chi connectivity index (χ2v) is 3.28. The van der Waals surface area contributed by atoms with Crippen molar-refractivity contribution in [1.29, 1.82) is 0 Å². The summed E-state index contributed by atoms with van der Waals surface area (Å²) in [6.45, 7) is 5.84. The number of ether oxygens (including phenoxy) is 2. The van der Waals surface area contributed by atoms with Crippen LogP contribution in [0, 0.1) is 0 Å². The molecule has 0 atom stereocenters. The van der Waals surface area contributed by atoms with Crippen molar-refractivity contribution in [3.05, 3.63) is 42.5 Å². The van der Waals surface area contributed by atoms with Crippen molar-refractivity contribution in [3.8, 4) is 11.5 Å². The Bertz CT molecular complexity index is 413. The third-order valence-corrected chi connectivity index (χ3v) is 2.24. The lowest BCUT2D eigenvalue weighted by atomic mass is 10.1. The molecule has 1 aromatic rings. The fourth-order valence-corrected chi connectivity index (χ4v) is 1.42. The lowest BCUT2D eigenvalue weighted by Gasteiger charge is -2.12. The number of hydroxylamine groups is 1. The van der Waals surface area contributed by atoms with Crippen LogP contribution in [0.1, 0.15) is 12.5 Å². The minimum absolute atomic E-state index is 0.442. The van der Waals surface area contributed by atoms with Crippen molar-refractivity contribution in [1.82, 2.24) is 5.48 Å². The number of benzene rings is 1. The standard InChI is InChI=1S/C13H17NO3/c1-4-8-17-10-6-7-11(12(5-2)14-15)13(9-10)16-3/h4-7,9,14-15H,1,8H2,2-3H3/b12-5+. The Balaban J connectivity index is 3.04. The zero-order chi connectivity index (χ0) is 12.7. The van der Waals surface area contributed by atoms with Crippen LogP contribution in [0.15, 0.2) is 36.9 Å². The molecule has 0 amide bonds. The van der Waals surface area contributed by atoms with Gasteiger partial charge in [0.2, 0.25) is 0 Å². The maximum atomic E-state index is 8.99. The Kier molecular flexibility index (Phi) is 5.10. The van der Waals surface area contributed by atoms with Gasteiger partial charge in [0.15, 0.2) is 0 Å². The first-order valence-electron chi connectivity index (χ1n) is 5.25. The number of nitrogens with one attached hydrogen (secondary N) is 1. The number of methoxy groups -OCH3 is 1. The van der Waals surface area contributed by atoms with Crippen LogP contribution < -0.4 is 15.0 Å². The van der Waals surface area contributed by atoms with Crippen molar-refractivity contribution in [3.63, 3.8) is 0 Å². The summed E-state index contributed by atoms with van der Waals surface area (Å²) in [4.78, 5) is 0. The Morgan fingerprint density at radius 1 is 1.53 bits per heavy atom. The number of hydrogen-bond acceptors (Lipinski definition) is 4. The van der Waals surface area contributed by atoms with E-state index in [9.17, 15) is 0 Å². The van der Waals surface area contributed by atoms with E-state index in [1.54, 1.807) is 25.3 Å². The number of allylic oxidation sites excluding steroid dienone is 1. The molecule has 0 aliphatic rings. The molecule has 0 fully saturated rings. The molecule has 0 saturated carbocycles. The predicted molar refractivity (Wildman–Crippen MR) is 67.3 cm³/mol. The van der Waals surface area contributed by atoms with Gasteiger partial charge in [-0.25, -0.2) is 0 Å². The molecule has 92 valence electrons. The van der Waals surface area contributed by atoms with Gasteiger partial charge < -0.3 is 9.47 Å². The minimum atomic E-state index is 0.442. The first-order valence-corrected chi connectivity index (χ1v) is 5.25. The van der Waals surface area contributed by atoms with Crippen LogP contribution in [0.2, 0.25) is 0 Å². The van der Waals surface area contributed by atoms with Gasteiger partial charge >= 0.3 is 0 Å². The summed E-state index contributed by atoms with van der Waals surface area (Å²) in [5, 5.41) is 8.99. The second kappa shape index (κ2) is 6.60. The molecule has 0 saturated heterocycles. The molecule has 0 bridgehead atoms. The van der Waals surface area contributed by atoms with Crippen molar-refractivity contribution in [2.45, 2.75) is 6.92 Å². The van der Waals surface area contributed by atoms with E-state index < -0.39 is 0 Å². The number of rotatable bonds is 6. The second-order valence-electron chi connectivity index (χ2n) is 3.28. The molecule has 0 aromatic heterocycles. The van der Waals surface area contributed by atoms with Crippen LogP contribution in [0.25, 0.3) is 5.70 Å². The highest BCUT2D eigenvalue weighted by Gasteiger charge is 2.08. The normalized spacial score (nSPS) is 10.9. The highest BCUT2D eigenvalue weighted by Crippen LogP contribution is 2.28. The molecule has 0 spiro atoms. The van der Waals surface area contributed by atoms with Crippen LogP contribution in [-0.4, -0.2) is 18.9 Å². The lowest BCUT2D eigenvalue weighted by Crippen LogP contribution is -2.07. The van der Waals surface area contributed by atoms with Crippen LogP contribution in [0.3, 0.4) is 0 Å². The summed E-state index contributed by atoms with van der Waals surface area (Å²) >= 11 is 0. The molecular formula is C13H17NO3. The van der Waals surface area contributed by atoms with Crippen LogP contribution in [0.5, 0.6) is 11.5 Å². The first-order chi connectivity index (χ1) is 8.26. The van der Waals surface area contributed by atoms with Gasteiger partial charge in [-0.3, -0.25) is 10.7 Å². The molecule has 17 heavy (non-hydrogen) atoms. The zero-order valence-corrected chi connectivity index (χ0v) is 10.1. The van der Waals surface area contributed by atoms with Crippen molar-refractivity contribution >= 4 is 5.70 Å². The molecular weight excluding hydrogens is 218 g/mol. The van der Waals surface area contributed by atoms with Crippen LogP contribution in [0.4, 0.5) is 0 Å². The first kappa shape index (κ1) is 13.1. The number of hydrogen-bond donors (Lipinski definition) is 2. The van der Waals surface area contributed by atoms with Crippen LogP contribution >= 0.6 is 0 Å². The van der Waals surface area contributed by atoms with Gasteiger partial charge in [-0.15, -0.1) is 0 Å². The summed E-state index contributed by atoms with van der Waals surface area (Å²) in [7, 11) is 1.57. The minimum Gasteiger partial charge on any atom is -0.496 e. The van der Waals surface area contributed by atoms with E-state index in [0.29, 0.717) is 23.8 Å². The molecule has 0 aliphatic heterocycles. The summed E-state index contributed by atoms with van der Waals surface area (Å²) in [6, 6.07) is 5.39. The summed E-state index contributed by atoms with van der Waals surface area (Å²) in [5.74, 6) is 1.32. The van der Waals surface area contributed by atoms with Gasteiger partial charge in [-0.2, -0.15) is 0 Å². The van der Waals surface area contributed by atoms with Crippen molar-refractivity contribution in [2.24, 2.45) is 0 Å². The van der Waals surface area contributed by atoms with Crippen molar-refractivity contribution in [2.75, 3.05) is 13.7 Å². The smallest absolute Gasteiger partial charge is 0.131 e. The maximum absolute atomic E-state index is 8.99. The van der Waals surface area contributed by atoms with Gasteiger partial charge in [0, 0.05) is 11.6 Å². The average molecular weight is 235 g/mol. The molecule has 2 N–H and O–H groups in total. The Labute approximate surface area is 101 Å².